The highest BCUT2D eigenvalue weighted by Gasteiger charge is 2.34. The number of hydrogen-bond acceptors (Lipinski definition) is 2. The molecule has 1 aliphatic heterocycles. The number of ether oxygens (including phenoxy) is 1. The van der Waals surface area contributed by atoms with Gasteiger partial charge in [0.1, 0.15) is 0 Å². The summed E-state index contributed by atoms with van der Waals surface area (Å²) in [6, 6.07) is 7.29. The van der Waals surface area contributed by atoms with Crippen LogP contribution < -0.4 is 5.32 Å². The van der Waals surface area contributed by atoms with E-state index in [9.17, 15) is 0 Å². The molecule has 0 spiro atoms. The zero-order chi connectivity index (χ0) is 14.6. The van der Waals surface area contributed by atoms with Crippen LogP contribution in [0.2, 0.25) is 0 Å². The standard InChI is InChI=1S/C18H29NO/c1-5-18(6-2)12-17(9-10-20-18)19-13-16-11-14(3)7-8-15(16)4/h7-8,11,17,19H,5-6,9-10,12-13H2,1-4H3. The molecule has 0 amide bonds. The molecule has 1 heterocycles. The van der Waals surface area contributed by atoms with Crippen LogP contribution >= 0.6 is 0 Å². The van der Waals surface area contributed by atoms with Crippen LogP contribution in [0.3, 0.4) is 0 Å². The van der Waals surface area contributed by atoms with Gasteiger partial charge in [0.15, 0.2) is 0 Å². The Hall–Kier alpha value is -0.860. The number of hydrogen-bond donors (Lipinski definition) is 1. The molecule has 0 aromatic heterocycles. The molecule has 1 unspecified atom stereocenters. The van der Waals surface area contributed by atoms with Crippen molar-refractivity contribution in [2.75, 3.05) is 6.61 Å². The van der Waals surface area contributed by atoms with Gasteiger partial charge in [-0.1, -0.05) is 37.6 Å². The maximum atomic E-state index is 6.05. The second-order valence-electron chi connectivity index (χ2n) is 6.24. The number of rotatable bonds is 5. The minimum atomic E-state index is 0.109. The van der Waals surface area contributed by atoms with Gasteiger partial charge >= 0.3 is 0 Å². The van der Waals surface area contributed by atoms with E-state index >= 15 is 0 Å². The van der Waals surface area contributed by atoms with Crippen molar-refractivity contribution in [3.05, 3.63) is 34.9 Å². The lowest BCUT2D eigenvalue weighted by Gasteiger charge is -2.40. The average molecular weight is 275 g/mol. The van der Waals surface area contributed by atoms with E-state index in [2.05, 4.69) is 51.2 Å². The van der Waals surface area contributed by atoms with Gasteiger partial charge in [0.2, 0.25) is 0 Å². The van der Waals surface area contributed by atoms with Gasteiger partial charge in [0.25, 0.3) is 0 Å². The normalized spacial score (nSPS) is 21.9. The van der Waals surface area contributed by atoms with E-state index < -0.39 is 0 Å². The highest BCUT2D eigenvalue weighted by Crippen LogP contribution is 2.31. The van der Waals surface area contributed by atoms with Gasteiger partial charge in [0, 0.05) is 19.2 Å². The first kappa shape index (κ1) is 15.5. The van der Waals surface area contributed by atoms with Crippen molar-refractivity contribution in [1.29, 1.82) is 0 Å². The lowest BCUT2D eigenvalue weighted by Crippen LogP contribution is -2.46. The van der Waals surface area contributed by atoms with Crippen molar-refractivity contribution in [2.24, 2.45) is 0 Å². The topological polar surface area (TPSA) is 21.3 Å². The summed E-state index contributed by atoms with van der Waals surface area (Å²) in [6.45, 7) is 10.7. The molecule has 1 saturated heterocycles. The molecule has 0 aliphatic carbocycles. The molecule has 1 N–H and O–H groups in total. The van der Waals surface area contributed by atoms with E-state index in [0.29, 0.717) is 6.04 Å². The van der Waals surface area contributed by atoms with Crippen LogP contribution in [-0.4, -0.2) is 18.2 Å². The first-order chi connectivity index (χ1) is 9.58. The van der Waals surface area contributed by atoms with Crippen LogP contribution in [0.5, 0.6) is 0 Å². The Kier molecular flexibility index (Phi) is 5.22. The molecule has 0 radical (unpaired) electrons. The van der Waals surface area contributed by atoms with Crippen LogP contribution in [0.4, 0.5) is 0 Å². The predicted molar refractivity (Wildman–Crippen MR) is 85.0 cm³/mol. The quantitative estimate of drug-likeness (QED) is 0.872. The number of nitrogens with one attached hydrogen (secondary N) is 1. The summed E-state index contributed by atoms with van der Waals surface area (Å²) in [5, 5.41) is 3.75. The van der Waals surface area contributed by atoms with Gasteiger partial charge in [-0.15, -0.1) is 0 Å². The van der Waals surface area contributed by atoms with Gasteiger partial charge in [-0.05, 0) is 50.7 Å². The van der Waals surface area contributed by atoms with Crippen LogP contribution in [0, 0.1) is 13.8 Å². The Morgan fingerprint density at radius 1 is 1.25 bits per heavy atom. The van der Waals surface area contributed by atoms with Crippen LogP contribution in [-0.2, 0) is 11.3 Å². The molecular weight excluding hydrogens is 246 g/mol. The summed E-state index contributed by atoms with van der Waals surface area (Å²) in [7, 11) is 0. The predicted octanol–water partition coefficient (Wildman–Crippen LogP) is 4.13. The Labute approximate surface area is 123 Å². The summed E-state index contributed by atoms with van der Waals surface area (Å²) < 4.78 is 6.05. The van der Waals surface area contributed by atoms with Crippen LogP contribution in [0.15, 0.2) is 18.2 Å². The Bertz CT molecular complexity index is 437. The average Bonchev–Trinajstić information content (AvgIpc) is 2.48. The van der Waals surface area contributed by atoms with Crippen molar-refractivity contribution in [3.63, 3.8) is 0 Å². The maximum Gasteiger partial charge on any atom is 0.0692 e. The molecule has 1 aromatic carbocycles. The van der Waals surface area contributed by atoms with E-state index in [1.165, 1.54) is 16.7 Å². The molecule has 1 fully saturated rings. The minimum Gasteiger partial charge on any atom is -0.375 e. The lowest BCUT2D eigenvalue weighted by atomic mass is 9.86. The highest BCUT2D eigenvalue weighted by atomic mass is 16.5. The molecular formula is C18H29NO. The number of benzene rings is 1. The van der Waals surface area contributed by atoms with E-state index in [4.69, 9.17) is 4.74 Å². The highest BCUT2D eigenvalue weighted by molar-refractivity contribution is 5.30. The summed E-state index contributed by atoms with van der Waals surface area (Å²) in [5.41, 5.74) is 4.26. The third-order valence-corrected chi connectivity index (χ3v) is 4.87. The molecule has 20 heavy (non-hydrogen) atoms. The van der Waals surface area contributed by atoms with Crippen LogP contribution in [0.25, 0.3) is 0 Å². The summed E-state index contributed by atoms with van der Waals surface area (Å²) in [5.74, 6) is 0. The van der Waals surface area contributed by atoms with E-state index in [1.807, 2.05) is 0 Å². The zero-order valence-corrected chi connectivity index (χ0v) is 13.5. The molecule has 2 heteroatoms. The second-order valence-corrected chi connectivity index (χ2v) is 6.24. The summed E-state index contributed by atoms with van der Waals surface area (Å²) >= 11 is 0. The molecule has 1 aliphatic rings. The molecule has 2 nitrogen and oxygen atoms in total. The summed E-state index contributed by atoms with van der Waals surface area (Å²) in [4.78, 5) is 0. The first-order valence-electron chi connectivity index (χ1n) is 8.02. The third kappa shape index (κ3) is 3.62. The first-order valence-corrected chi connectivity index (χ1v) is 8.02. The van der Waals surface area contributed by atoms with Gasteiger partial charge in [0.05, 0.1) is 5.60 Å². The van der Waals surface area contributed by atoms with Crippen molar-refractivity contribution in [2.45, 2.75) is 71.6 Å². The Morgan fingerprint density at radius 3 is 2.70 bits per heavy atom. The zero-order valence-electron chi connectivity index (χ0n) is 13.5. The molecule has 2 rings (SSSR count). The van der Waals surface area contributed by atoms with E-state index in [-0.39, 0.29) is 5.60 Å². The van der Waals surface area contributed by atoms with Crippen LogP contribution in [0.1, 0.15) is 56.2 Å². The molecule has 1 aromatic rings. The number of aryl methyl sites for hydroxylation is 2. The van der Waals surface area contributed by atoms with Crippen molar-refractivity contribution >= 4 is 0 Å². The summed E-state index contributed by atoms with van der Waals surface area (Å²) in [6.07, 6.45) is 4.51. The third-order valence-electron chi connectivity index (χ3n) is 4.87. The fourth-order valence-electron chi connectivity index (χ4n) is 3.19. The van der Waals surface area contributed by atoms with Crippen molar-refractivity contribution in [3.8, 4) is 0 Å². The molecule has 1 atom stereocenters. The molecule has 0 bridgehead atoms. The van der Waals surface area contributed by atoms with Gasteiger partial charge < -0.3 is 10.1 Å². The monoisotopic (exact) mass is 275 g/mol. The lowest BCUT2D eigenvalue weighted by molar-refractivity contribution is -0.0932. The Balaban J connectivity index is 1.95. The fourth-order valence-corrected chi connectivity index (χ4v) is 3.19. The minimum absolute atomic E-state index is 0.109. The Morgan fingerprint density at radius 2 is 2.00 bits per heavy atom. The van der Waals surface area contributed by atoms with E-state index in [1.54, 1.807) is 0 Å². The maximum absolute atomic E-state index is 6.05. The largest absolute Gasteiger partial charge is 0.375 e. The van der Waals surface area contributed by atoms with E-state index in [0.717, 1.165) is 38.8 Å². The second kappa shape index (κ2) is 6.73. The fraction of sp³-hybridized carbons (Fsp3) is 0.667. The van der Waals surface area contributed by atoms with Gasteiger partial charge in [-0.2, -0.15) is 0 Å². The van der Waals surface area contributed by atoms with Gasteiger partial charge in [-0.25, -0.2) is 0 Å². The smallest absolute Gasteiger partial charge is 0.0692 e. The van der Waals surface area contributed by atoms with Crippen molar-refractivity contribution in [1.82, 2.24) is 5.32 Å². The molecule has 112 valence electrons. The van der Waals surface area contributed by atoms with Crippen molar-refractivity contribution < 1.29 is 4.74 Å². The SMILES string of the molecule is CCC1(CC)CC(NCc2cc(C)ccc2C)CCO1. The molecule has 0 saturated carbocycles. The van der Waals surface area contributed by atoms with Gasteiger partial charge in [-0.3, -0.25) is 0 Å².